The van der Waals surface area contributed by atoms with E-state index in [1.54, 1.807) is 0 Å². The van der Waals surface area contributed by atoms with E-state index in [1.807, 2.05) is 6.92 Å². The van der Waals surface area contributed by atoms with Crippen LogP contribution in [0.5, 0.6) is 0 Å². The Labute approximate surface area is 150 Å². The SMILES string of the molecule is C[C@@]1(CO)[C@H](O)CC[C@@]2(C)[C@H]1[C@H](O)C[C@H]1C[C@@H]3C[C@@]12CCC3(O)CO. The summed E-state index contributed by atoms with van der Waals surface area (Å²) in [4.78, 5) is 0. The molecule has 5 nitrogen and oxygen atoms in total. The molecular formula is C20H34O5. The summed E-state index contributed by atoms with van der Waals surface area (Å²) < 4.78 is 0. The van der Waals surface area contributed by atoms with Gasteiger partial charge in [0, 0.05) is 11.3 Å². The van der Waals surface area contributed by atoms with Crippen molar-refractivity contribution in [2.24, 2.45) is 34.0 Å². The van der Waals surface area contributed by atoms with Crippen LogP contribution in [0.15, 0.2) is 0 Å². The molecule has 5 N–H and O–H groups in total. The lowest BCUT2D eigenvalue weighted by molar-refractivity contribution is -0.248. The van der Waals surface area contributed by atoms with Crippen molar-refractivity contribution in [2.75, 3.05) is 13.2 Å². The van der Waals surface area contributed by atoms with Gasteiger partial charge in [-0.3, -0.25) is 0 Å². The van der Waals surface area contributed by atoms with Crippen LogP contribution in [0.1, 0.15) is 58.8 Å². The quantitative estimate of drug-likeness (QED) is 0.510. The largest absolute Gasteiger partial charge is 0.396 e. The fourth-order valence-electron chi connectivity index (χ4n) is 8.04. The Balaban J connectivity index is 1.79. The molecule has 4 aliphatic carbocycles. The summed E-state index contributed by atoms with van der Waals surface area (Å²) in [6.07, 6.45) is 4.31. The highest BCUT2D eigenvalue weighted by molar-refractivity contribution is 5.21. The van der Waals surface area contributed by atoms with Gasteiger partial charge in [-0.15, -0.1) is 0 Å². The van der Waals surface area contributed by atoms with E-state index < -0.39 is 23.2 Å². The first kappa shape index (κ1) is 18.2. The average Bonchev–Trinajstić information content (AvgIpc) is 2.92. The minimum Gasteiger partial charge on any atom is -0.396 e. The van der Waals surface area contributed by atoms with Crippen LogP contribution in [0.25, 0.3) is 0 Å². The molecule has 2 bridgehead atoms. The molecule has 0 aromatic carbocycles. The summed E-state index contributed by atoms with van der Waals surface area (Å²) >= 11 is 0. The molecule has 4 fully saturated rings. The van der Waals surface area contributed by atoms with Gasteiger partial charge in [0.05, 0.1) is 31.0 Å². The summed E-state index contributed by atoms with van der Waals surface area (Å²) in [5, 5.41) is 52.4. The summed E-state index contributed by atoms with van der Waals surface area (Å²) in [6.45, 7) is 3.89. The molecule has 1 unspecified atom stereocenters. The summed E-state index contributed by atoms with van der Waals surface area (Å²) in [5.41, 5.74) is -1.78. The average molecular weight is 354 g/mol. The number of hydrogen-bond acceptors (Lipinski definition) is 5. The molecule has 0 aromatic rings. The van der Waals surface area contributed by atoms with Gasteiger partial charge < -0.3 is 25.5 Å². The number of rotatable bonds is 2. The summed E-state index contributed by atoms with van der Waals surface area (Å²) in [6, 6.07) is 0. The zero-order valence-electron chi connectivity index (χ0n) is 15.5. The molecule has 1 spiro atoms. The first-order valence-corrected chi connectivity index (χ1v) is 9.97. The van der Waals surface area contributed by atoms with Gasteiger partial charge in [0.15, 0.2) is 0 Å². The Bertz CT molecular complexity index is 554. The van der Waals surface area contributed by atoms with E-state index in [9.17, 15) is 25.5 Å². The van der Waals surface area contributed by atoms with E-state index in [4.69, 9.17) is 0 Å². The van der Waals surface area contributed by atoms with Crippen LogP contribution in [-0.4, -0.2) is 56.6 Å². The van der Waals surface area contributed by atoms with Crippen molar-refractivity contribution in [2.45, 2.75) is 76.6 Å². The van der Waals surface area contributed by atoms with Crippen LogP contribution in [-0.2, 0) is 0 Å². The van der Waals surface area contributed by atoms with Crippen molar-refractivity contribution in [3.8, 4) is 0 Å². The predicted octanol–water partition coefficient (Wildman–Crippen LogP) is 1.06. The number of fused-ring (bicyclic) bond motifs is 2. The third kappa shape index (κ3) is 2.02. The third-order valence-corrected chi connectivity index (χ3v) is 9.48. The molecule has 0 aliphatic heterocycles. The second kappa shape index (κ2) is 5.41. The Morgan fingerprint density at radius 3 is 2.28 bits per heavy atom. The van der Waals surface area contributed by atoms with Crippen molar-refractivity contribution in [3.05, 3.63) is 0 Å². The number of hydrogen-bond donors (Lipinski definition) is 5. The van der Waals surface area contributed by atoms with Crippen LogP contribution in [0.2, 0.25) is 0 Å². The Morgan fingerprint density at radius 2 is 1.64 bits per heavy atom. The topological polar surface area (TPSA) is 101 Å². The molecular weight excluding hydrogens is 320 g/mol. The van der Waals surface area contributed by atoms with Crippen molar-refractivity contribution < 1.29 is 25.5 Å². The second-order valence-electron chi connectivity index (χ2n) is 10.2. The maximum Gasteiger partial charge on any atom is 0.0905 e. The smallest absolute Gasteiger partial charge is 0.0905 e. The highest BCUT2D eigenvalue weighted by atomic mass is 16.3. The lowest BCUT2D eigenvalue weighted by atomic mass is 9.38. The van der Waals surface area contributed by atoms with Crippen molar-refractivity contribution in [3.63, 3.8) is 0 Å². The minimum absolute atomic E-state index is 0.0412. The third-order valence-electron chi connectivity index (χ3n) is 9.48. The number of aliphatic hydroxyl groups excluding tert-OH is 4. The molecule has 9 atom stereocenters. The summed E-state index contributed by atoms with van der Waals surface area (Å²) in [5.74, 6) is 0.308. The van der Waals surface area contributed by atoms with Crippen LogP contribution in [0.4, 0.5) is 0 Å². The standard InChI is InChI=1S/C20H34O5/c1-17(10-21)15(24)3-4-18(2)16(17)14(23)8-12-7-13-9-19(12,18)5-6-20(13,25)11-22/h12-16,21-25H,3-11H2,1-2H3/t12-,13-,14-,15-,16+,17-,18+,19+,20?/m1/s1. The van der Waals surface area contributed by atoms with Crippen LogP contribution >= 0.6 is 0 Å². The van der Waals surface area contributed by atoms with E-state index >= 15 is 0 Å². The highest BCUT2D eigenvalue weighted by Gasteiger charge is 2.72. The lowest BCUT2D eigenvalue weighted by Gasteiger charge is -2.67. The first-order chi connectivity index (χ1) is 11.7. The van der Waals surface area contributed by atoms with Gasteiger partial charge in [-0.05, 0) is 67.6 Å². The highest BCUT2D eigenvalue weighted by Crippen LogP contribution is 2.75. The molecule has 0 saturated heterocycles. The van der Waals surface area contributed by atoms with Gasteiger partial charge in [0.25, 0.3) is 0 Å². The minimum atomic E-state index is -0.978. The molecule has 4 aliphatic rings. The second-order valence-corrected chi connectivity index (χ2v) is 10.2. The zero-order chi connectivity index (χ0) is 18.3. The van der Waals surface area contributed by atoms with E-state index in [-0.39, 0.29) is 35.9 Å². The van der Waals surface area contributed by atoms with Gasteiger partial charge in [0.1, 0.15) is 0 Å². The van der Waals surface area contributed by atoms with Gasteiger partial charge >= 0.3 is 0 Å². The maximum atomic E-state index is 11.1. The number of aliphatic hydroxyl groups is 5. The molecule has 144 valence electrons. The van der Waals surface area contributed by atoms with Gasteiger partial charge in [0.2, 0.25) is 0 Å². The molecule has 4 saturated carbocycles. The molecule has 0 amide bonds. The summed E-state index contributed by atoms with van der Waals surface area (Å²) in [7, 11) is 0. The molecule has 5 heteroatoms. The molecule has 0 heterocycles. The van der Waals surface area contributed by atoms with Crippen LogP contribution in [0, 0.1) is 34.0 Å². The van der Waals surface area contributed by atoms with Gasteiger partial charge in [-0.1, -0.05) is 13.8 Å². The van der Waals surface area contributed by atoms with Crippen LogP contribution in [0.3, 0.4) is 0 Å². The van der Waals surface area contributed by atoms with E-state index in [0.29, 0.717) is 25.2 Å². The van der Waals surface area contributed by atoms with Crippen molar-refractivity contribution in [1.29, 1.82) is 0 Å². The Kier molecular flexibility index (Phi) is 3.94. The fourth-order valence-corrected chi connectivity index (χ4v) is 8.04. The van der Waals surface area contributed by atoms with E-state index in [1.165, 1.54) is 0 Å². The Morgan fingerprint density at radius 1 is 0.920 bits per heavy atom. The fraction of sp³-hybridized carbons (Fsp3) is 1.00. The molecule has 0 aromatic heterocycles. The first-order valence-electron chi connectivity index (χ1n) is 9.97. The van der Waals surface area contributed by atoms with Gasteiger partial charge in [-0.25, -0.2) is 0 Å². The molecule has 4 rings (SSSR count). The predicted molar refractivity (Wildman–Crippen MR) is 92.6 cm³/mol. The normalized spacial score (nSPS) is 60.8. The van der Waals surface area contributed by atoms with Gasteiger partial charge in [-0.2, -0.15) is 0 Å². The monoisotopic (exact) mass is 354 g/mol. The maximum absolute atomic E-state index is 11.1. The zero-order valence-corrected chi connectivity index (χ0v) is 15.5. The molecule has 25 heavy (non-hydrogen) atoms. The van der Waals surface area contributed by atoms with Crippen molar-refractivity contribution >= 4 is 0 Å². The van der Waals surface area contributed by atoms with E-state index in [2.05, 4.69) is 6.92 Å². The lowest BCUT2D eigenvalue weighted by Crippen LogP contribution is -2.66. The van der Waals surface area contributed by atoms with E-state index in [0.717, 1.165) is 25.7 Å². The van der Waals surface area contributed by atoms with Crippen LogP contribution < -0.4 is 0 Å². The molecule has 0 radical (unpaired) electrons. The Hall–Kier alpha value is -0.200. The van der Waals surface area contributed by atoms with Crippen molar-refractivity contribution in [1.82, 2.24) is 0 Å².